The molecule has 0 spiro atoms. The Kier molecular flexibility index (Phi) is 4.99. The Labute approximate surface area is 105 Å². The fourth-order valence-electron chi connectivity index (χ4n) is 2.86. The zero-order valence-electron chi connectivity index (χ0n) is 11.9. The van der Waals surface area contributed by atoms with Crippen LogP contribution in [0, 0.1) is 17.3 Å². The summed E-state index contributed by atoms with van der Waals surface area (Å²) in [5, 5.41) is 3.54. The highest BCUT2D eigenvalue weighted by Crippen LogP contribution is 2.29. The Morgan fingerprint density at radius 2 is 1.76 bits per heavy atom. The Hall–Kier alpha value is -0.570. The molecule has 1 rings (SSSR count). The highest BCUT2D eigenvalue weighted by atomic mass is 16.5. The fraction of sp³-hybridized carbons (Fsp3) is 0.929. The van der Waals surface area contributed by atoms with Crippen molar-refractivity contribution in [3.8, 4) is 0 Å². The fourth-order valence-corrected chi connectivity index (χ4v) is 2.86. The summed E-state index contributed by atoms with van der Waals surface area (Å²) < 4.78 is 4.82. The van der Waals surface area contributed by atoms with Crippen molar-refractivity contribution in [3.63, 3.8) is 0 Å². The van der Waals surface area contributed by atoms with Gasteiger partial charge >= 0.3 is 5.97 Å². The summed E-state index contributed by atoms with van der Waals surface area (Å²) in [6.45, 7) is 9.19. The van der Waals surface area contributed by atoms with E-state index in [2.05, 4.69) is 19.2 Å². The van der Waals surface area contributed by atoms with Crippen molar-refractivity contribution in [3.05, 3.63) is 0 Å². The molecule has 0 saturated heterocycles. The summed E-state index contributed by atoms with van der Waals surface area (Å²) in [7, 11) is 1.45. The van der Waals surface area contributed by atoms with Gasteiger partial charge in [-0.2, -0.15) is 0 Å². The van der Waals surface area contributed by atoms with Crippen molar-refractivity contribution in [2.24, 2.45) is 17.3 Å². The zero-order valence-corrected chi connectivity index (χ0v) is 11.9. The Morgan fingerprint density at radius 1 is 1.24 bits per heavy atom. The highest BCUT2D eigenvalue weighted by Gasteiger charge is 2.31. The number of nitrogens with one attached hydrogen (secondary N) is 1. The van der Waals surface area contributed by atoms with Crippen molar-refractivity contribution in [2.75, 3.05) is 13.7 Å². The predicted molar refractivity (Wildman–Crippen MR) is 69.8 cm³/mol. The van der Waals surface area contributed by atoms with Crippen LogP contribution in [0.3, 0.4) is 0 Å². The molecule has 0 aromatic carbocycles. The molecular weight excluding hydrogens is 214 g/mol. The molecule has 3 nitrogen and oxygen atoms in total. The van der Waals surface area contributed by atoms with Crippen molar-refractivity contribution in [1.82, 2.24) is 5.32 Å². The Balaban J connectivity index is 2.42. The molecule has 1 N–H and O–H groups in total. The van der Waals surface area contributed by atoms with Gasteiger partial charge in [0.25, 0.3) is 0 Å². The van der Waals surface area contributed by atoms with Gasteiger partial charge in [-0.05, 0) is 44.9 Å². The molecule has 2 unspecified atom stereocenters. The van der Waals surface area contributed by atoms with E-state index < -0.39 is 5.41 Å². The number of methoxy groups -OCH3 is 1. The topological polar surface area (TPSA) is 38.3 Å². The van der Waals surface area contributed by atoms with Crippen molar-refractivity contribution in [2.45, 2.75) is 53.0 Å². The number of ether oxygens (including phenoxy) is 1. The van der Waals surface area contributed by atoms with Crippen LogP contribution >= 0.6 is 0 Å². The summed E-state index contributed by atoms with van der Waals surface area (Å²) in [4.78, 5) is 11.6. The van der Waals surface area contributed by atoms with Crippen LogP contribution in [0.2, 0.25) is 0 Å². The third-order valence-corrected chi connectivity index (χ3v) is 3.75. The minimum absolute atomic E-state index is 0.137. The summed E-state index contributed by atoms with van der Waals surface area (Å²) in [6.07, 6.45) is 3.78. The maximum atomic E-state index is 11.6. The molecule has 0 radical (unpaired) electrons. The molecule has 0 aromatic heterocycles. The summed E-state index contributed by atoms with van der Waals surface area (Å²) in [6, 6.07) is 0.553. The van der Waals surface area contributed by atoms with Gasteiger partial charge in [0.1, 0.15) is 0 Å². The van der Waals surface area contributed by atoms with Crippen LogP contribution in [-0.4, -0.2) is 25.7 Å². The number of hydrogen-bond acceptors (Lipinski definition) is 3. The first-order valence-corrected chi connectivity index (χ1v) is 6.67. The van der Waals surface area contributed by atoms with E-state index in [-0.39, 0.29) is 5.97 Å². The normalized spacial score (nSPS) is 30.1. The van der Waals surface area contributed by atoms with Crippen LogP contribution in [0.25, 0.3) is 0 Å². The van der Waals surface area contributed by atoms with E-state index in [1.807, 2.05) is 13.8 Å². The first kappa shape index (κ1) is 14.5. The molecule has 0 bridgehead atoms. The van der Waals surface area contributed by atoms with Gasteiger partial charge in [-0.15, -0.1) is 0 Å². The standard InChI is InChI=1S/C14H27NO2/c1-10-6-11(2)8-12(7-10)15-9-14(3,4)13(16)17-5/h10-12,15H,6-9H2,1-5H3. The van der Waals surface area contributed by atoms with E-state index in [1.54, 1.807) is 0 Å². The SMILES string of the molecule is COC(=O)C(C)(C)CNC1CC(C)CC(C)C1. The molecular formula is C14H27NO2. The maximum Gasteiger partial charge on any atom is 0.312 e. The predicted octanol–water partition coefficient (Wildman–Crippen LogP) is 2.60. The first-order valence-electron chi connectivity index (χ1n) is 6.67. The lowest BCUT2D eigenvalue weighted by atomic mass is 9.80. The molecule has 0 aliphatic heterocycles. The highest BCUT2D eigenvalue weighted by molar-refractivity contribution is 5.76. The van der Waals surface area contributed by atoms with Gasteiger partial charge in [0.2, 0.25) is 0 Å². The van der Waals surface area contributed by atoms with Crippen LogP contribution in [-0.2, 0) is 9.53 Å². The molecule has 1 aliphatic rings. The maximum absolute atomic E-state index is 11.6. The number of carbonyl (C=O) groups excluding carboxylic acids is 1. The van der Waals surface area contributed by atoms with Crippen LogP contribution < -0.4 is 5.32 Å². The quantitative estimate of drug-likeness (QED) is 0.769. The lowest BCUT2D eigenvalue weighted by Crippen LogP contribution is -2.44. The average molecular weight is 241 g/mol. The van der Waals surface area contributed by atoms with Gasteiger partial charge in [-0.1, -0.05) is 13.8 Å². The van der Waals surface area contributed by atoms with E-state index in [1.165, 1.54) is 26.4 Å². The van der Waals surface area contributed by atoms with E-state index in [9.17, 15) is 4.79 Å². The van der Waals surface area contributed by atoms with E-state index >= 15 is 0 Å². The molecule has 3 heteroatoms. The number of hydrogen-bond donors (Lipinski definition) is 1. The lowest BCUT2D eigenvalue weighted by Gasteiger charge is -2.34. The lowest BCUT2D eigenvalue weighted by molar-refractivity contribution is -0.150. The third kappa shape index (κ3) is 4.30. The number of esters is 1. The second-order valence-electron chi connectivity index (χ2n) is 6.37. The zero-order chi connectivity index (χ0) is 13.1. The molecule has 100 valence electrons. The first-order chi connectivity index (χ1) is 7.85. The van der Waals surface area contributed by atoms with Crippen molar-refractivity contribution < 1.29 is 9.53 Å². The van der Waals surface area contributed by atoms with Crippen LogP contribution in [0.4, 0.5) is 0 Å². The van der Waals surface area contributed by atoms with Crippen LogP contribution in [0.15, 0.2) is 0 Å². The second kappa shape index (κ2) is 5.85. The molecule has 1 aliphatic carbocycles. The van der Waals surface area contributed by atoms with Gasteiger partial charge in [0.15, 0.2) is 0 Å². The minimum Gasteiger partial charge on any atom is -0.469 e. The van der Waals surface area contributed by atoms with Gasteiger partial charge in [0.05, 0.1) is 12.5 Å². The molecule has 0 amide bonds. The van der Waals surface area contributed by atoms with Gasteiger partial charge in [-0.25, -0.2) is 0 Å². The Morgan fingerprint density at radius 3 is 2.24 bits per heavy atom. The van der Waals surface area contributed by atoms with E-state index in [4.69, 9.17) is 4.74 Å². The van der Waals surface area contributed by atoms with Gasteiger partial charge < -0.3 is 10.1 Å². The molecule has 0 heterocycles. The molecule has 17 heavy (non-hydrogen) atoms. The van der Waals surface area contributed by atoms with Crippen molar-refractivity contribution in [1.29, 1.82) is 0 Å². The van der Waals surface area contributed by atoms with Crippen molar-refractivity contribution >= 4 is 5.97 Å². The third-order valence-electron chi connectivity index (χ3n) is 3.75. The van der Waals surface area contributed by atoms with E-state index in [0.717, 1.165) is 11.8 Å². The molecule has 2 atom stereocenters. The summed E-state index contributed by atoms with van der Waals surface area (Å²) in [5.74, 6) is 1.44. The van der Waals surface area contributed by atoms with Gasteiger partial charge in [-0.3, -0.25) is 4.79 Å². The molecule has 0 aromatic rings. The van der Waals surface area contributed by atoms with Crippen LogP contribution in [0.5, 0.6) is 0 Å². The average Bonchev–Trinajstić information content (AvgIpc) is 2.24. The number of carbonyl (C=O) groups is 1. The van der Waals surface area contributed by atoms with E-state index in [0.29, 0.717) is 12.6 Å². The second-order valence-corrected chi connectivity index (χ2v) is 6.37. The molecule has 1 fully saturated rings. The molecule has 1 saturated carbocycles. The largest absolute Gasteiger partial charge is 0.469 e. The minimum atomic E-state index is -0.432. The van der Waals surface area contributed by atoms with Crippen LogP contribution in [0.1, 0.15) is 47.0 Å². The number of rotatable bonds is 4. The van der Waals surface area contributed by atoms with Gasteiger partial charge in [0, 0.05) is 12.6 Å². The summed E-state index contributed by atoms with van der Waals surface area (Å²) in [5.41, 5.74) is -0.432. The smallest absolute Gasteiger partial charge is 0.312 e. The summed E-state index contributed by atoms with van der Waals surface area (Å²) >= 11 is 0. The Bertz CT molecular complexity index is 253. The monoisotopic (exact) mass is 241 g/mol.